The van der Waals surface area contributed by atoms with Gasteiger partial charge in [0, 0.05) is 11.6 Å². The molecule has 0 bridgehead atoms. The third kappa shape index (κ3) is 2.01. The van der Waals surface area contributed by atoms with Crippen LogP contribution < -0.4 is 16.7 Å². The fraction of sp³-hybridized carbons (Fsp3) is 0. The molecule has 1 aromatic carbocycles. The molecule has 0 aliphatic heterocycles. The topological polar surface area (TPSA) is 81.1 Å². The summed E-state index contributed by atoms with van der Waals surface area (Å²) >= 11 is 0. The maximum absolute atomic E-state index is 11.7. The highest BCUT2D eigenvalue weighted by Gasteiger charge is 2.11. The maximum Gasteiger partial charge on any atom is 0.345 e. The van der Waals surface area contributed by atoms with Crippen molar-refractivity contribution in [2.75, 3.05) is 11.1 Å². The minimum atomic E-state index is -0.440. The number of anilines is 3. The third-order valence-electron chi connectivity index (χ3n) is 2.80. The summed E-state index contributed by atoms with van der Waals surface area (Å²) in [5.41, 5.74) is 6.69. The van der Waals surface area contributed by atoms with Crippen LogP contribution in [-0.2, 0) is 0 Å². The van der Waals surface area contributed by atoms with Gasteiger partial charge in [-0.2, -0.15) is 0 Å². The second-order valence-corrected chi connectivity index (χ2v) is 4.04. The summed E-state index contributed by atoms with van der Waals surface area (Å²) in [6.45, 7) is 0. The number of hydrogen-bond acceptors (Lipinski definition) is 5. The van der Waals surface area contributed by atoms with Crippen LogP contribution in [0.2, 0.25) is 0 Å². The van der Waals surface area contributed by atoms with Gasteiger partial charge in [0.25, 0.3) is 0 Å². The van der Waals surface area contributed by atoms with Crippen LogP contribution in [0.5, 0.6) is 0 Å². The fourth-order valence-electron chi connectivity index (χ4n) is 1.93. The van der Waals surface area contributed by atoms with Gasteiger partial charge in [0.15, 0.2) is 0 Å². The van der Waals surface area contributed by atoms with E-state index in [9.17, 15) is 4.79 Å². The highest BCUT2D eigenvalue weighted by molar-refractivity contribution is 5.98. The minimum absolute atomic E-state index is 0.0625. The predicted octanol–water partition coefficient (Wildman–Crippen LogP) is 2.51. The molecule has 19 heavy (non-hydrogen) atoms. The van der Waals surface area contributed by atoms with Gasteiger partial charge in [-0.1, -0.05) is 18.2 Å². The number of nitrogens with zero attached hydrogens (tertiary/aromatic N) is 1. The number of rotatable bonds is 2. The lowest BCUT2D eigenvalue weighted by molar-refractivity contribution is 0.542. The van der Waals surface area contributed by atoms with Crippen molar-refractivity contribution in [3.05, 3.63) is 59.2 Å². The van der Waals surface area contributed by atoms with Crippen molar-refractivity contribution in [3.63, 3.8) is 0 Å². The van der Waals surface area contributed by atoms with Gasteiger partial charge in [0.1, 0.15) is 5.69 Å². The quantitative estimate of drug-likeness (QED) is 0.733. The Morgan fingerprint density at radius 3 is 2.63 bits per heavy atom. The van der Waals surface area contributed by atoms with Crippen molar-refractivity contribution >= 4 is 28.0 Å². The molecule has 0 saturated carbocycles. The molecular formula is C14H11N3O2. The molecule has 3 aromatic rings. The number of fused-ring (bicyclic) bond motifs is 1. The van der Waals surface area contributed by atoms with Crippen LogP contribution in [0.1, 0.15) is 0 Å². The molecule has 3 rings (SSSR count). The average Bonchev–Trinajstić information content (AvgIpc) is 2.45. The Kier molecular flexibility index (Phi) is 2.64. The molecular weight excluding hydrogens is 242 g/mol. The fourth-order valence-corrected chi connectivity index (χ4v) is 1.93. The van der Waals surface area contributed by atoms with Crippen molar-refractivity contribution in [1.82, 2.24) is 4.98 Å². The zero-order valence-electron chi connectivity index (χ0n) is 9.96. The third-order valence-corrected chi connectivity index (χ3v) is 2.80. The van der Waals surface area contributed by atoms with Gasteiger partial charge in [0.05, 0.1) is 17.3 Å². The van der Waals surface area contributed by atoms with Crippen molar-refractivity contribution < 1.29 is 4.42 Å². The normalized spacial score (nSPS) is 10.5. The molecule has 0 saturated heterocycles. The standard InChI is InChI=1S/C14H11N3O2/c15-13-12(17-9-4-3-7-16-8-9)10-5-1-2-6-11(10)14(18)19-13/h1-8,17H,15H2. The molecule has 0 radical (unpaired) electrons. The maximum atomic E-state index is 11.7. The summed E-state index contributed by atoms with van der Waals surface area (Å²) in [6.07, 6.45) is 3.34. The van der Waals surface area contributed by atoms with E-state index in [1.807, 2.05) is 18.2 Å². The van der Waals surface area contributed by atoms with Gasteiger partial charge < -0.3 is 15.5 Å². The van der Waals surface area contributed by atoms with Crippen molar-refractivity contribution in [1.29, 1.82) is 0 Å². The van der Waals surface area contributed by atoms with Gasteiger partial charge >= 0.3 is 5.63 Å². The van der Waals surface area contributed by atoms with E-state index in [2.05, 4.69) is 10.3 Å². The largest absolute Gasteiger partial charge is 0.404 e. The summed E-state index contributed by atoms with van der Waals surface area (Å²) in [7, 11) is 0. The van der Waals surface area contributed by atoms with E-state index in [0.29, 0.717) is 11.1 Å². The van der Waals surface area contributed by atoms with Crippen LogP contribution in [0.15, 0.2) is 58.0 Å². The summed E-state index contributed by atoms with van der Waals surface area (Å²) in [4.78, 5) is 15.7. The lowest BCUT2D eigenvalue weighted by atomic mass is 10.1. The Hall–Kier alpha value is -2.82. The number of aromatic nitrogens is 1. The first kappa shape index (κ1) is 11.3. The zero-order valence-corrected chi connectivity index (χ0v) is 9.96. The zero-order chi connectivity index (χ0) is 13.2. The molecule has 0 atom stereocenters. The molecule has 0 unspecified atom stereocenters. The Morgan fingerprint density at radius 2 is 1.89 bits per heavy atom. The molecule has 3 N–H and O–H groups in total. The molecule has 94 valence electrons. The summed E-state index contributed by atoms with van der Waals surface area (Å²) in [6, 6.07) is 10.8. The van der Waals surface area contributed by atoms with Gasteiger partial charge in [-0.3, -0.25) is 4.98 Å². The number of benzene rings is 1. The van der Waals surface area contributed by atoms with Gasteiger partial charge in [-0.05, 0) is 18.2 Å². The van der Waals surface area contributed by atoms with E-state index in [4.69, 9.17) is 10.2 Å². The molecule has 0 spiro atoms. The average molecular weight is 253 g/mol. The molecule has 0 aliphatic rings. The van der Waals surface area contributed by atoms with Crippen molar-refractivity contribution in [3.8, 4) is 0 Å². The van der Waals surface area contributed by atoms with E-state index in [0.717, 1.165) is 11.1 Å². The second kappa shape index (κ2) is 4.45. The van der Waals surface area contributed by atoms with Crippen LogP contribution in [0.4, 0.5) is 17.3 Å². The summed E-state index contributed by atoms with van der Waals surface area (Å²) < 4.78 is 5.03. The SMILES string of the molecule is Nc1oc(=O)c2ccccc2c1Nc1cccnc1. The van der Waals surface area contributed by atoms with E-state index >= 15 is 0 Å². The lowest BCUT2D eigenvalue weighted by Gasteiger charge is -2.10. The highest BCUT2D eigenvalue weighted by Crippen LogP contribution is 2.29. The molecule has 0 fully saturated rings. The Balaban J connectivity index is 2.21. The number of pyridine rings is 1. The lowest BCUT2D eigenvalue weighted by Crippen LogP contribution is -2.06. The highest BCUT2D eigenvalue weighted by atomic mass is 16.4. The number of nitrogens with one attached hydrogen (secondary N) is 1. The molecule has 0 amide bonds. The van der Waals surface area contributed by atoms with Crippen LogP contribution in [0.3, 0.4) is 0 Å². The number of hydrogen-bond donors (Lipinski definition) is 2. The van der Waals surface area contributed by atoms with Crippen LogP contribution in [0, 0.1) is 0 Å². The minimum Gasteiger partial charge on any atom is -0.404 e. The number of nitrogen functional groups attached to an aromatic ring is 1. The Morgan fingerprint density at radius 1 is 1.11 bits per heavy atom. The summed E-state index contributed by atoms with van der Waals surface area (Å²) in [5, 5.41) is 4.33. The molecule has 5 heteroatoms. The van der Waals surface area contributed by atoms with E-state index in [1.54, 1.807) is 30.6 Å². The van der Waals surface area contributed by atoms with Crippen LogP contribution in [0.25, 0.3) is 10.8 Å². The first-order valence-corrected chi connectivity index (χ1v) is 5.74. The van der Waals surface area contributed by atoms with Crippen LogP contribution in [-0.4, -0.2) is 4.98 Å². The first-order valence-electron chi connectivity index (χ1n) is 5.74. The van der Waals surface area contributed by atoms with Crippen molar-refractivity contribution in [2.24, 2.45) is 0 Å². The van der Waals surface area contributed by atoms with Gasteiger partial charge in [-0.25, -0.2) is 4.79 Å². The van der Waals surface area contributed by atoms with E-state index < -0.39 is 5.63 Å². The second-order valence-electron chi connectivity index (χ2n) is 4.04. The molecule has 5 nitrogen and oxygen atoms in total. The van der Waals surface area contributed by atoms with E-state index in [1.165, 1.54) is 0 Å². The smallest absolute Gasteiger partial charge is 0.345 e. The first-order chi connectivity index (χ1) is 9.25. The molecule has 2 heterocycles. The predicted molar refractivity (Wildman–Crippen MR) is 74.4 cm³/mol. The van der Waals surface area contributed by atoms with E-state index in [-0.39, 0.29) is 5.88 Å². The van der Waals surface area contributed by atoms with Gasteiger partial charge in [0.2, 0.25) is 5.88 Å². The Labute approximate surface area is 108 Å². The van der Waals surface area contributed by atoms with Crippen LogP contribution >= 0.6 is 0 Å². The molecule has 0 aliphatic carbocycles. The molecule has 2 aromatic heterocycles. The summed E-state index contributed by atoms with van der Waals surface area (Å²) in [5.74, 6) is 0.0625. The monoisotopic (exact) mass is 253 g/mol. The van der Waals surface area contributed by atoms with Crippen molar-refractivity contribution in [2.45, 2.75) is 0 Å². The Bertz CT molecular complexity index is 782. The number of nitrogens with two attached hydrogens (primary N) is 1. The van der Waals surface area contributed by atoms with Gasteiger partial charge in [-0.15, -0.1) is 0 Å².